The van der Waals surface area contributed by atoms with E-state index in [0.717, 1.165) is 57.1 Å². The lowest BCUT2D eigenvalue weighted by molar-refractivity contribution is 0.0881. The van der Waals surface area contributed by atoms with E-state index in [4.69, 9.17) is 4.74 Å². The summed E-state index contributed by atoms with van der Waals surface area (Å²) in [6.07, 6.45) is 2.44. The molecule has 150 valence electrons. The van der Waals surface area contributed by atoms with Gasteiger partial charge in [-0.1, -0.05) is 18.2 Å². The highest BCUT2D eigenvalue weighted by Crippen LogP contribution is 2.24. The predicted molar refractivity (Wildman–Crippen MR) is 111 cm³/mol. The van der Waals surface area contributed by atoms with Gasteiger partial charge in [0.15, 0.2) is 0 Å². The molecule has 2 heterocycles. The largest absolute Gasteiger partial charge is 0.497 e. The Morgan fingerprint density at radius 2 is 1.71 bits per heavy atom. The van der Waals surface area contributed by atoms with E-state index in [1.54, 1.807) is 19.2 Å². The van der Waals surface area contributed by atoms with Crippen molar-refractivity contribution in [3.05, 3.63) is 59.9 Å². The number of nitrogens with zero attached hydrogens (tertiary/aromatic N) is 3. The number of rotatable bonds is 5. The van der Waals surface area contributed by atoms with Crippen LogP contribution < -0.4 is 9.64 Å². The van der Waals surface area contributed by atoms with E-state index in [0.29, 0.717) is 6.04 Å². The Morgan fingerprint density at radius 1 is 0.964 bits per heavy atom. The van der Waals surface area contributed by atoms with E-state index in [2.05, 4.69) is 26.8 Å². The summed E-state index contributed by atoms with van der Waals surface area (Å²) >= 11 is 0. The number of piperidine rings is 1. The van der Waals surface area contributed by atoms with Gasteiger partial charge < -0.3 is 9.64 Å². The Kier molecular flexibility index (Phi) is 6.13. The molecule has 4 nitrogen and oxygen atoms in total. The van der Waals surface area contributed by atoms with E-state index in [9.17, 15) is 4.39 Å². The summed E-state index contributed by atoms with van der Waals surface area (Å²) in [6, 6.07) is 16.1. The third kappa shape index (κ3) is 4.47. The third-order valence-electron chi connectivity index (χ3n) is 6.10. The molecule has 0 saturated carbocycles. The van der Waals surface area contributed by atoms with Crippen molar-refractivity contribution < 1.29 is 9.13 Å². The summed E-state index contributed by atoms with van der Waals surface area (Å²) < 4.78 is 19.3. The molecule has 2 aliphatic heterocycles. The molecule has 0 bridgehead atoms. The van der Waals surface area contributed by atoms with Crippen LogP contribution in [0.3, 0.4) is 0 Å². The van der Waals surface area contributed by atoms with Gasteiger partial charge in [0, 0.05) is 56.6 Å². The molecule has 5 heteroatoms. The van der Waals surface area contributed by atoms with Gasteiger partial charge in [-0.3, -0.25) is 9.80 Å². The maximum atomic E-state index is 14.0. The van der Waals surface area contributed by atoms with E-state index in [1.807, 2.05) is 24.3 Å². The molecule has 4 rings (SSSR count). The molecule has 2 aromatic rings. The van der Waals surface area contributed by atoms with Crippen molar-refractivity contribution >= 4 is 5.69 Å². The average molecular weight is 384 g/mol. The topological polar surface area (TPSA) is 19.0 Å². The first-order valence-corrected chi connectivity index (χ1v) is 10.3. The molecule has 0 aliphatic carbocycles. The number of methoxy groups -OCH3 is 1. The zero-order valence-electron chi connectivity index (χ0n) is 16.7. The van der Waals surface area contributed by atoms with Crippen LogP contribution in [0.5, 0.6) is 5.75 Å². The van der Waals surface area contributed by atoms with Crippen LogP contribution in [0.2, 0.25) is 0 Å². The molecule has 0 unspecified atom stereocenters. The molecule has 2 saturated heterocycles. The number of anilines is 1. The predicted octanol–water partition coefficient (Wildman–Crippen LogP) is 3.62. The standard InChI is InChI=1S/C23H30FN3O/c1-28-22-10-8-20(9-11-22)26-13-15-27(16-14-26)21-6-4-12-25(18-21)17-19-5-2-3-7-23(19)24/h2-3,5,7-11,21H,4,6,12-18H2,1H3/t21-/m0/s1. The number of likely N-dealkylation sites (tertiary alicyclic amines) is 1. The molecule has 0 amide bonds. The van der Waals surface area contributed by atoms with Crippen LogP contribution in [-0.4, -0.2) is 62.2 Å². The Morgan fingerprint density at radius 3 is 2.43 bits per heavy atom. The molecule has 28 heavy (non-hydrogen) atoms. The Balaban J connectivity index is 1.31. The number of hydrogen-bond donors (Lipinski definition) is 0. The molecule has 1 atom stereocenters. The van der Waals surface area contributed by atoms with E-state index in [-0.39, 0.29) is 5.82 Å². The fraction of sp³-hybridized carbons (Fsp3) is 0.478. The quantitative estimate of drug-likeness (QED) is 0.785. The van der Waals surface area contributed by atoms with E-state index >= 15 is 0 Å². The first-order chi connectivity index (χ1) is 13.7. The van der Waals surface area contributed by atoms with E-state index in [1.165, 1.54) is 18.5 Å². The highest BCUT2D eigenvalue weighted by Gasteiger charge is 2.28. The van der Waals surface area contributed by atoms with Gasteiger partial charge >= 0.3 is 0 Å². The molecule has 0 N–H and O–H groups in total. The highest BCUT2D eigenvalue weighted by molar-refractivity contribution is 5.49. The van der Waals surface area contributed by atoms with Crippen molar-refractivity contribution in [1.82, 2.24) is 9.80 Å². The molecule has 0 radical (unpaired) electrons. The summed E-state index contributed by atoms with van der Waals surface area (Å²) in [5.74, 6) is 0.817. The smallest absolute Gasteiger partial charge is 0.127 e. The van der Waals surface area contributed by atoms with Crippen LogP contribution in [0.25, 0.3) is 0 Å². The maximum absolute atomic E-state index is 14.0. The first-order valence-electron chi connectivity index (χ1n) is 10.3. The minimum atomic E-state index is -0.0854. The molecule has 2 aromatic carbocycles. The lowest BCUT2D eigenvalue weighted by atomic mass is 10.0. The van der Waals surface area contributed by atoms with Crippen LogP contribution >= 0.6 is 0 Å². The van der Waals surface area contributed by atoms with E-state index < -0.39 is 0 Å². The number of ether oxygens (including phenoxy) is 1. The fourth-order valence-electron chi connectivity index (χ4n) is 4.48. The van der Waals surface area contributed by atoms with Crippen molar-refractivity contribution in [1.29, 1.82) is 0 Å². The lowest BCUT2D eigenvalue weighted by Gasteiger charge is -2.44. The van der Waals surface area contributed by atoms with Gasteiger partial charge in [-0.05, 0) is 49.7 Å². The number of halogens is 1. The zero-order chi connectivity index (χ0) is 19.3. The molecular weight excluding hydrogens is 353 g/mol. The van der Waals surface area contributed by atoms with Gasteiger partial charge in [-0.15, -0.1) is 0 Å². The normalized spacial score (nSPS) is 21.6. The van der Waals surface area contributed by atoms with Gasteiger partial charge in [0.25, 0.3) is 0 Å². The van der Waals surface area contributed by atoms with Crippen LogP contribution in [0, 0.1) is 5.82 Å². The SMILES string of the molecule is COc1ccc(N2CCN([C@H]3CCCN(Cc4ccccc4F)C3)CC2)cc1. The fourth-order valence-corrected chi connectivity index (χ4v) is 4.48. The number of hydrogen-bond acceptors (Lipinski definition) is 4. The van der Waals surface area contributed by atoms with Crippen molar-refractivity contribution in [3.8, 4) is 5.75 Å². The maximum Gasteiger partial charge on any atom is 0.127 e. The van der Waals surface area contributed by atoms with Crippen LogP contribution in [0.15, 0.2) is 48.5 Å². The Bertz CT molecular complexity index is 759. The van der Waals surface area contributed by atoms with Crippen molar-refractivity contribution in [2.24, 2.45) is 0 Å². The Hall–Kier alpha value is -2.11. The first kappa shape index (κ1) is 19.2. The molecule has 2 aliphatic rings. The lowest BCUT2D eigenvalue weighted by Crippen LogP contribution is -2.55. The molecule has 0 spiro atoms. The Labute approximate surface area is 167 Å². The molecule has 0 aromatic heterocycles. The van der Waals surface area contributed by atoms with Gasteiger partial charge in [0.2, 0.25) is 0 Å². The van der Waals surface area contributed by atoms with Crippen LogP contribution in [0.4, 0.5) is 10.1 Å². The van der Waals surface area contributed by atoms with Gasteiger partial charge in [-0.2, -0.15) is 0 Å². The van der Waals surface area contributed by atoms with Gasteiger partial charge in [0.05, 0.1) is 7.11 Å². The summed E-state index contributed by atoms with van der Waals surface area (Å²) in [7, 11) is 1.70. The summed E-state index contributed by atoms with van der Waals surface area (Å²) in [5, 5.41) is 0. The zero-order valence-corrected chi connectivity index (χ0v) is 16.7. The van der Waals surface area contributed by atoms with Crippen molar-refractivity contribution in [2.45, 2.75) is 25.4 Å². The summed E-state index contributed by atoms with van der Waals surface area (Å²) in [5.41, 5.74) is 2.08. The van der Waals surface area contributed by atoms with Crippen molar-refractivity contribution in [2.75, 3.05) is 51.3 Å². The third-order valence-corrected chi connectivity index (χ3v) is 6.10. The summed E-state index contributed by atoms with van der Waals surface area (Å²) in [6.45, 7) is 7.10. The second kappa shape index (κ2) is 8.93. The van der Waals surface area contributed by atoms with Crippen LogP contribution in [0.1, 0.15) is 18.4 Å². The number of piperazine rings is 1. The van der Waals surface area contributed by atoms with Gasteiger partial charge in [-0.25, -0.2) is 4.39 Å². The van der Waals surface area contributed by atoms with Crippen molar-refractivity contribution in [3.63, 3.8) is 0 Å². The van der Waals surface area contributed by atoms with Gasteiger partial charge in [0.1, 0.15) is 11.6 Å². The molecular formula is C23H30FN3O. The summed E-state index contributed by atoms with van der Waals surface area (Å²) in [4.78, 5) is 7.51. The second-order valence-electron chi connectivity index (χ2n) is 7.84. The van der Waals surface area contributed by atoms with Crippen LogP contribution in [-0.2, 0) is 6.54 Å². The highest BCUT2D eigenvalue weighted by atomic mass is 19.1. The second-order valence-corrected chi connectivity index (χ2v) is 7.84. The number of benzene rings is 2. The minimum absolute atomic E-state index is 0.0854. The minimum Gasteiger partial charge on any atom is -0.497 e. The molecule has 2 fully saturated rings. The monoisotopic (exact) mass is 383 g/mol. The average Bonchev–Trinajstić information content (AvgIpc) is 2.76.